The van der Waals surface area contributed by atoms with Crippen molar-refractivity contribution in [3.8, 4) is 0 Å². The maximum Gasteiger partial charge on any atom is 0.0451 e. The zero-order valence-corrected chi connectivity index (χ0v) is 14.1. The van der Waals surface area contributed by atoms with E-state index < -0.39 is 0 Å². The fourth-order valence-corrected chi connectivity index (χ4v) is 2.80. The fraction of sp³-hybridized carbons (Fsp3) is 0.294. The van der Waals surface area contributed by atoms with Crippen LogP contribution in [0.3, 0.4) is 0 Å². The Labute approximate surface area is 134 Å². The minimum atomic E-state index is 0.408. The molecule has 0 radical (unpaired) electrons. The van der Waals surface area contributed by atoms with E-state index in [2.05, 4.69) is 65.4 Å². The first-order valence-corrected chi connectivity index (χ1v) is 7.95. The molecule has 2 rings (SSSR count). The molecule has 0 heterocycles. The summed E-state index contributed by atoms with van der Waals surface area (Å²) in [5, 5.41) is 4.35. The van der Waals surface area contributed by atoms with Gasteiger partial charge in [0.05, 0.1) is 0 Å². The van der Waals surface area contributed by atoms with Gasteiger partial charge in [-0.15, -0.1) is 0 Å². The molecule has 2 aromatic carbocycles. The van der Waals surface area contributed by atoms with Crippen LogP contribution in [0.2, 0.25) is 5.02 Å². The predicted octanol–water partition coefficient (Wildman–Crippen LogP) is 5.13. The summed E-state index contributed by atoms with van der Waals surface area (Å²) in [6.45, 7) is 5.15. The summed E-state index contributed by atoms with van der Waals surface area (Å²) in [7, 11) is 0. The van der Waals surface area contributed by atoms with Gasteiger partial charge in [0.2, 0.25) is 0 Å². The van der Waals surface area contributed by atoms with Crippen molar-refractivity contribution in [1.82, 2.24) is 5.32 Å². The summed E-state index contributed by atoms with van der Waals surface area (Å²) in [5.74, 6) is 0. The molecule has 1 unspecified atom stereocenters. The van der Waals surface area contributed by atoms with Crippen LogP contribution in [0.5, 0.6) is 0 Å². The lowest BCUT2D eigenvalue weighted by atomic mass is 10.0. The zero-order valence-electron chi connectivity index (χ0n) is 11.8. The molecule has 1 nitrogen and oxygen atoms in total. The summed E-state index contributed by atoms with van der Waals surface area (Å²) < 4.78 is 1.06. The van der Waals surface area contributed by atoms with E-state index in [1.54, 1.807) is 0 Å². The SMILES string of the molecule is Cc1ccccc1CC(C)NCc1cc(Br)ccc1Cl. The molecular weight excluding hydrogens is 334 g/mol. The maximum atomic E-state index is 6.20. The Morgan fingerprint density at radius 2 is 1.90 bits per heavy atom. The number of halogens is 2. The molecule has 3 heteroatoms. The summed E-state index contributed by atoms with van der Waals surface area (Å²) in [6, 6.07) is 14.9. The van der Waals surface area contributed by atoms with Crippen LogP contribution in [0.1, 0.15) is 23.6 Å². The average Bonchev–Trinajstić information content (AvgIpc) is 2.42. The molecule has 0 saturated heterocycles. The minimum Gasteiger partial charge on any atom is -0.310 e. The van der Waals surface area contributed by atoms with E-state index in [0.29, 0.717) is 6.04 Å². The van der Waals surface area contributed by atoms with Gasteiger partial charge in [0, 0.05) is 22.1 Å². The quantitative estimate of drug-likeness (QED) is 0.786. The third-order valence-electron chi connectivity index (χ3n) is 3.44. The fourth-order valence-electron chi connectivity index (χ4n) is 2.20. The Balaban J connectivity index is 1.94. The van der Waals surface area contributed by atoms with E-state index in [1.807, 2.05) is 12.1 Å². The highest BCUT2D eigenvalue weighted by atomic mass is 79.9. The monoisotopic (exact) mass is 351 g/mol. The van der Waals surface area contributed by atoms with Gasteiger partial charge in [-0.05, 0) is 55.2 Å². The molecule has 0 spiro atoms. The molecule has 0 aliphatic heterocycles. The number of benzene rings is 2. The van der Waals surface area contributed by atoms with E-state index >= 15 is 0 Å². The molecule has 0 aromatic heterocycles. The Hall–Kier alpha value is -0.830. The van der Waals surface area contributed by atoms with Gasteiger partial charge >= 0.3 is 0 Å². The summed E-state index contributed by atoms with van der Waals surface area (Å²) >= 11 is 9.68. The highest BCUT2D eigenvalue weighted by Gasteiger charge is 2.07. The van der Waals surface area contributed by atoms with Crippen LogP contribution in [0.25, 0.3) is 0 Å². The van der Waals surface area contributed by atoms with E-state index in [1.165, 1.54) is 11.1 Å². The number of hydrogen-bond acceptors (Lipinski definition) is 1. The van der Waals surface area contributed by atoms with Crippen LogP contribution in [0.4, 0.5) is 0 Å². The smallest absolute Gasteiger partial charge is 0.0451 e. The van der Waals surface area contributed by atoms with Crippen molar-refractivity contribution in [2.24, 2.45) is 0 Å². The molecule has 0 fully saturated rings. The van der Waals surface area contributed by atoms with Crippen LogP contribution >= 0.6 is 27.5 Å². The van der Waals surface area contributed by atoms with Gasteiger partial charge in [-0.3, -0.25) is 0 Å². The lowest BCUT2D eigenvalue weighted by Gasteiger charge is -2.16. The highest BCUT2D eigenvalue weighted by Crippen LogP contribution is 2.21. The lowest BCUT2D eigenvalue weighted by molar-refractivity contribution is 0.544. The van der Waals surface area contributed by atoms with Crippen molar-refractivity contribution in [3.63, 3.8) is 0 Å². The third-order valence-corrected chi connectivity index (χ3v) is 4.30. The molecule has 0 amide bonds. The van der Waals surface area contributed by atoms with Crippen LogP contribution < -0.4 is 5.32 Å². The lowest BCUT2D eigenvalue weighted by Crippen LogP contribution is -2.27. The number of rotatable bonds is 5. The second-order valence-corrected chi connectivity index (χ2v) is 6.47. The van der Waals surface area contributed by atoms with E-state index in [9.17, 15) is 0 Å². The number of aryl methyl sites for hydroxylation is 1. The molecular formula is C17H19BrClN. The molecule has 0 bridgehead atoms. The van der Waals surface area contributed by atoms with Crippen LogP contribution in [0.15, 0.2) is 46.9 Å². The van der Waals surface area contributed by atoms with Gasteiger partial charge in [-0.25, -0.2) is 0 Å². The largest absolute Gasteiger partial charge is 0.310 e. The average molecular weight is 353 g/mol. The van der Waals surface area contributed by atoms with Gasteiger partial charge in [-0.1, -0.05) is 51.8 Å². The van der Waals surface area contributed by atoms with Crippen LogP contribution in [-0.4, -0.2) is 6.04 Å². The topological polar surface area (TPSA) is 12.0 Å². The molecule has 0 saturated carbocycles. The predicted molar refractivity (Wildman–Crippen MR) is 90.3 cm³/mol. The van der Waals surface area contributed by atoms with Crippen molar-refractivity contribution in [2.75, 3.05) is 0 Å². The normalized spacial score (nSPS) is 12.4. The maximum absolute atomic E-state index is 6.20. The highest BCUT2D eigenvalue weighted by molar-refractivity contribution is 9.10. The molecule has 106 valence electrons. The Bertz CT molecular complexity index is 583. The van der Waals surface area contributed by atoms with Crippen molar-refractivity contribution in [3.05, 3.63) is 68.7 Å². The molecule has 1 atom stereocenters. The summed E-state index contributed by atoms with van der Waals surface area (Å²) in [6.07, 6.45) is 1.03. The minimum absolute atomic E-state index is 0.408. The van der Waals surface area contributed by atoms with Crippen LogP contribution in [0, 0.1) is 6.92 Å². The van der Waals surface area contributed by atoms with E-state index in [-0.39, 0.29) is 0 Å². The number of hydrogen-bond donors (Lipinski definition) is 1. The Morgan fingerprint density at radius 3 is 2.65 bits per heavy atom. The Morgan fingerprint density at radius 1 is 1.15 bits per heavy atom. The van der Waals surface area contributed by atoms with Gasteiger partial charge in [0.1, 0.15) is 0 Å². The van der Waals surface area contributed by atoms with Crippen molar-refractivity contribution in [2.45, 2.75) is 32.9 Å². The second kappa shape index (κ2) is 7.26. The van der Waals surface area contributed by atoms with Gasteiger partial charge in [-0.2, -0.15) is 0 Å². The molecule has 20 heavy (non-hydrogen) atoms. The molecule has 2 aromatic rings. The zero-order chi connectivity index (χ0) is 14.5. The van der Waals surface area contributed by atoms with Gasteiger partial charge in [0.15, 0.2) is 0 Å². The van der Waals surface area contributed by atoms with E-state index in [0.717, 1.165) is 28.0 Å². The molecule has 1 N–H and O–H groups in total. The first kappa shape index (κ1) is 15.6. The van der Waals surface area contributed by atoms with E-state index in [4.69, 9.17) is 11.6 Å². The van der Waals surface area contributed by atoms with Crippen LogP contribution in [-0.2, 0) is 13.0 Å². The second-order valence-electron chi connectivity index (χ2n) is 5.15. The first-order chi connectivity index (χ1) is 9.56. The molecule has 0 aliphatic carbocycles. The van der Waals surface area contributed by atoms with Gasteiger partial charge in [0.25, 0.3) is 0 Å². The van der Waals surface area contributed by atoms with Crippen molar-refractivity contribution >= 4 is 27.5 Å². The first-order valence-electron chi connectivity index (χ1n) is 6.78. The number of nitrogens with one attached hydrogen (secondary N) is 1. The third kappa shape index (κ3) is 4.34. The summed E-state index contributed by atoms with van der Waals surface area (Å²) in [4.78, 5) is 0. The standard InChI is InChI=1S/C17H19BrClN/c1-12-5-3-4-6-14(12)9-13(2)20-11-15-10-16(18)7-8-17(15)19/h3-8,10,13,20H,9,11H2,1-2H3. The molecule has 0 aliphatic rings. The summed E-state index contributed by atoms with van der Waals surface area (Å²) in [5.41, 5.74) is 3.87. The van der Waals surface area contributed by atoms with Crippen molar-refractivity contribution in [1.29, 1.82) is 0 Å². The van der Waals surface area contributed by atoms with Gasteiger partial charge < -0.3 is 5.32 Å². The van der Waals surface area contributed by atoms with Crippen molar-refractivity contribution < 1.29 is 0 Å². The Kier molecular flexibility index (Phi) is 5.64.